The predicted octanol–water partition coefficient (Wildman–Crippen LogP) is 5.49. The van der Waals surface area contributed by atoms with Crippen molar-refractivity contribution in [3.63, 3.8) is 0 Å². The highest BCUT2D eigenvalue weighted by Gasteiger charge is 2.16. The van der Waals surface area contributed by atoms with Crippen molar-refractivity contribution in [2.45, 2.75) is 56.0 Å². The Bertz CT molecular complexity index is 954. The van der Waals surface area contributed by atoms with Crippen LogP contribution < -0.4 is 5.32 Å². The lowest BCUT2D eigenvalue weighted by Gasteiger charge is -2.12. The number of hydrogen-bond donors (Lipinski definition) is 1. The second-order valence-corrected chi connectivity index (χ2v) is 9.13. The Hall–Kier alpha value is -2.19. The van der Waals surface area contributed by atoms with Crippen LogP contribution in [0.15, 0.2) is 51.1 Å². The number of hydrogen-bond acceptors (Lipinski definition) is 6. The van der Waals surface area contributed by atoms with Crippen molar-refractivity contribution >= 4 is 35.1 Å². The molecule has 0 aliphatic carbocycles. The van der Waals surface area contributed by atoms with E-state index in [1.165, 1.54) is 16.7 Å². The Labute approximate surface area is 179 Å². The number of furan rings is 1. The Morgan fingerprint density at radius 2 is 2.10 bits per heavy atom. The van der Waals surface area contributed by atoms with Crippen molar-refractivity contribution in [3.8, 4) is 11.6 Å². The van der Waals surface area contributed by atoms with Gasteiger partial charge in [-0.2, -0.15) is 0 Å². The number of aryl methyl sites for hydroxylation is 1. The molecule has 1 amide bonds. The second kappa shape index (κ2) is 10.0. The number of carbonyl (C=O) groups excluding carboxylic acids is 1. The molecule has 0 saturated heterocycles. The first kappa shape index (κ1) is 21.5. The minimum Gasteiger partial charge on any atom is -0.461 e. The van der Waals surface area contributed by atoms with Crippen molar-refractivity contribution in [2.75, 3.05) is 11.1 Å². The SMILES string of the molecule is CCC(C)Sc1ccc(NC(=O)CSc2nnc(-c3ccco3)n2CC)c(C)c1. The summed E-state index contributed by atoms with van der Waals surface area (Å²) in [5, 5.41) is 12.7. The van der Waals surface area contributed by atoms with Gasteiger partial charge in [0.15, 0.2) is 16.7 Å². The summed E-state index contributed by atoms with van der Waals surface area (Å²) >= 11 is 3.22. The third kappa shape index (κ3) is 5.45. The molecule has 1 unspecified atom stereocenters. The fraction of sp³-hybridized carbons (Fsp3) is 0.381. The lowest BCUT2D eigenvalue weighted by molar-refractivity contribution is -0.113. The van der Waals surface area contributed by atoms with Gasteiger partial charge in [-0.3, -0.25) is 9.36 Å². The molecule has 0 aliphatic heterocycles. The quantitative estimate of drug-likeness (QED) is 0.453. The molecular weight excluding hydrogens is 404 g/mol. The van der Waals surface area contributed by atoms with E-state index in [2.05, 4.69) is 41.5 Å². The Morgan fingerprint density at radius 1 is 1.28 bits per heavy atom. The molecular formula is C21H26N4O2S2. The average Bonchev–Trinajstić information content (AvgIpc) is 3.37. The monoisotopic (exact) mass is 430 g/mol. The number of thioether (sulfide) groups is 2. The summed E-state index contributed by atoms with van der Waals surface area (Å²) in [5.74, 6) is 1.54. The first-order valence-corrected chi connectivity index (χ1v) is 11.5. The van der Waals surface area contributed by atoms with E-state index in [-0.39, 0.29) is 11.7 Å². The van der Waals surface area contributed by atoms with E-state index < -0.39 is 0 Å². The summed E-state index contributed by atoms with van der Waals surface area (Å²) in [4.78, 5) is 13.7. The average molecular weight is 431 g/mol. The first-order chi connectivity index (χ1) is 14.0. The molecule has 0 radical (unpaired) electrons. The van der Waals surface area contributed by atoms with Gasteiger partial charge >= 0.3 is 0 Å². The van der Waals surface area contributed by atoms with E-state index in [0.29, 0.717) is 28.5 Å². The second-order valence-electron chi connectivity index (χ2n) is 6.68. The lowest BCUT2D eigenvalue weighted by atomic mass is 10.2. The maximum absolute atomic E-state index is 12.5. The summed E-state index contributed by atoms with van der Waals surface area (Å²) in [7, 11) is 0. The molecule has 0 saturated carbocycles. The topological polar surface area (TPSA) is 73.0 Å². The van der Waals surface area contributed by atoms with E-state index >= 15 is 0 Å². The predicted molar refractivity (Wildman–Crippen MR) is 120 cm³/mol. The molecule has 154 valence electrons. The maximum atomic E-state index is 12.5. The molecule has 29 heavy (non-hydrogen) atoms. The van der Waals surface area contributed by atoms with Gasteiger partial charge in [-0.05, 0) is 56.2 Å². The van der Waals surface area contributed by atoms with Crippen LogP contribution in [-0.4, -0.2) is 31.7 Å². The van der Waals surface area contributed by atoms with Crippen LogP contribution in [0.4, 0.5) is 5.69 Å². The number of aromatic nitrogens is 3. The van der Waals surface area contributed by atoms with Gasteiger partial charge in [0, 0.05) is 22.4 Å². The normalized spacial score (nSPS) is 12.1. The van der Waals surface area contributed by atoms with E-state index in [1.54, 1.807) is 6.26 Å². The smallest absolute Gasteiger partial charge is 0.234 e. The molecule has 0 fully saturated rings. The number of nitrogens with one attached hydrogen (secondary N) is 1. The molecule has 2 aromatic heterocycles. The molecule has 1 atom stereocenters. The zero-order chi connectivity index (χ0) is 20.8. The van der Waals surface area contributed by atoms with Gasteiger partial charge in [0.2, 0.25) is 5.91 Å². The van der Waals surface area contributed by atoms with Crippen LogP contribution in [0.2, 0.25) is 0 Å². The minimum absolute atomic E-state index is 0.0642. The van der Waals surface area contributed by atoms with Crippen LogP contribution in [-0.2, 0) is 11.3 Å². The van der Waals surface area contributed by atoms with Crippen molar-refractivity contribution in [1.82, 2.24) is 14.8 Å². The molecule has 0 spiro atoms. The molecule has 3 rings (SSSR count). The number of anilines is 1. The summed E-state index contributed by atoms with van der Waals surface area (Å²) < 4.78 is 7.37. The van der Waals surface area contributed by atoms with Gasteiger partial charge in [-0.15, -0.1) is 22.0 Å². The summed E-state index contributed by atoms with van der Waals surface area (Å²) in [6.07, 6.45) is 2.74. The molecule has 0 bridgehead atoms. The largest absolute Gasteiger partial charge is 0.461 e. The van der Waals surface area contributed by atoms with E-state index in [4.69, 9.17) is 4.42 Å². The Kier molecular flexibility index (Phi) is 7.44. The minimum atomic E-state index is -0.0642. The number of rotatable bonds is 9. The maximum Gasteiger partial charge on any atom is 0.234 e. The van der Waals surface area contributed by atoms with Gasteiger partial charge < -0.3 is 9.73 Å². The van der Waals surface area contributed by atoms with Crippen LogP contribution in [0, 0.1) is 6.92 Å². The number of nitrogens with zero attached hydrogens (tertiary/aromatic N) is 3. The van der Waals surface area contributed by atoms with Crippen molar-refractivity contribution in [2.24, 2.45) is 0 Å². The van der Waals surface area contributed by atoms with Crippen molar-refractivity contribution in [3.05, 3.63) is 42.2 Å². The number of amides is 1. The van der Waals surface area contributed by atoms with Crippen LogP contribution in [0.25, 0.3) is 11.6 Å². The molecule has 1 aromatic carbocycles. The molecule has 6 nitrogen and oxygen atoms in total. The lowest BCUT2D eigenvalue weighted by Crippen LogP contribution is -2.15. The van der Waals surface area contributed by atoms with Crippen LogP contribution in [0.1, 0.15) is 32.8 Å². The fourth-order valence-corrected chi connectivity index (χ4v) is 4.58. The zero-order valence-corrected chi connectivity index (χ0v) is 18.8. The van der Waals surface area contributed by atoms with E-state index in [9.17, 15) is 4.79 Å². The third-order valence-corrected chi connectivity index (χ3v) is 6.72. The third-order valence-electron chi connectivity index (χ3n) is 4.49. The van der Waals surface area contributed by atoms with Crippen molar-refractivity contribution in [1.29, 1.82) is 0 Å². The molecule has 0 aliphatic rings. The number of carbonyl (C=O) groups is 1. The van der Waals surface area contributed by atoms with E-state index in [0.717, 1.165) is 17.7 Å². The van der Waals surface area contributed by atoms with E-state index in [1.807, 2.05) is 48.4 Å². The van der Waals surface area contributed by atoms with Crippen LogP contribution in [0.5, 0.6) is 0 Å². The standard InChI is InChI=1S/C21H26N4O2S2/c1-5-15(4)29-16-9-10-17(14(3)12-16)22-19(26)13-28-21-24-23-20(25(21)6-2)18-8-7-11-27-18/h7-12,15H,5-6,13H2,1-4H3,(H,22,26). The fourth-order valence-electron chi connectivity index (χ4n) is 2.75. The highest BCUT2D eigenvalue weighted by molar-refractivity contribution is 8.00. The Balaban J connectivity index is 1.61. The van der Waals surface area contributed by atoms with Gasteiger partial charge in [-0.25, -0.2) is 0 Å². The highest BCUT2D eigenvalue weighted by atomic mass is 32.2. The van der Waals surface area contributed by atoms with Gasteiger partial charge in [-0.1, -0.05) is 25.6 Å². The molecule has 2 heterocycles. The van der Waals surface area contributed by atoms with Crippen LogP contribution >= 0.6 is 23.5 Å². The summed E-state index contributed by atoms with van der Waals surface area (Å²) in [6, 6.07) is 9.84. The van der Waals surface area contributed by atoms with Gasteiger partial charge in [0.1, 0.15) is 0 Å². The molecule has 3 aromatic rings. The summed E-state index contributed by atoms with van der Waals surface area (Å²) in [5.41, 5.74) is 1.91. The molecule has 1 N–H and O–H groups in total. The highest BCUT2D eigenvalue weighted by Crippen LogP contribution is 2.29. The van der Waals surface area contributed by atoms with Crippen LogP contribution in [0.3, 0.4) is 0 Å². The zero-order valence-electron chi connectivity index (χ0n) is 17.1. The van der Waals surface area contributed by atoms with Gasteiger partial charge in [0.05, 0.1) is 12.0 Å². The summed E-state index contributed by atoms with van der Waals surface area (Å²) in [6.45, 7) is 9.14. The Morgan fingerprint density at radius 3 is 2.76 bits per heavy atom. The molecule has 8 heteroatoms. The van der Waals surface area contributed by atoms with Gasteiger partial charge in [0.25, 0.3) is 0 Å². The first-order valence-electron chi connectivity index (χ1n) is 9.68. The number of benzene rings is 1. The van der Waals surface area contributed by atoms with Crippen molar-refractivity contribution < 1.29 is 9.21 Å².